The maximum Gasteiger partial charge on any atom is 0.344 e. The number of hydrogen-bond donors (Lipinski definition) is 0. The number of fused-ring (bicyclic) bond motifs is 1. The number of nitrogens with zero attached hydrogens (tertiary/aromatic N) is 1. The van der Waals surface area contributed by atoms with Crippen molar-refractivity contribution in [3.63, 3.8) is 0 Å². The molecule has 128 valence electrons. The molecule has 6 nitrogen and oxygen atoms in total. The van der Waals surface area contributed by atoms with Crippen LogP contribution in [0.2, 0.25) is 0 Å². The Morgan fingerprint density at radius 1 is 0.880 bits per heavy atom. The summed E-state index contributed by atoms with van der Waals surface area (Å²) >= 11 is 0. The van der Waals surface area contributed by atoms with Gasteiger partial charge >= 0.3 is 5.97 Å². The van der Waals surface area contributed by atoms with Crippen LogP contribution in [0.3, 0.4) is 0 Å². The predicted octanol–water partition coefficient (Wildman–Crippen LogP) is 2.29. The molecule has 2 amide bonds. The second-order valence-corrected chi connectivity index (χ2v) is 5.48. The number of hydrogen-bond acceptors (Lipinski definition) is 5. The van der Waals surface area contributed by atoms with Gasteiger partial charge in [0.2, 0.25) is 0 Å². The number of amides is 2. The number of imide groups is 1. The minimum Gasteiger partial charge on any atom is -0.482 e. The standard InChI is InChI=1S/C19H17NO5/c21-17(13-25-14-7-2-1-3-8-14)24-12-6-11-20-18(22)15-9-4-5-10-16(15)19(20)23/h1-5,7-10H,6,11-13H2. The quantitative estimate of drug-likeness (QED) is 0.440. The summed E-state index contributed by atoms with van der Waals surface area (Å²) in [6.45, 7) is 0.139. The smallest absolute Gasteiger partial charge is 0.344 e. The second-order valence-electron chi connectivity index (χ2n) is 5.48. The molecule has 25 heavy (non-hydrogen) atoms. The van der Waals surface area contributed by atoms with Crippen molar-refractivity contribution < 1.29 is 23.9 Å². The molecule has 0 fully saturated rings. The van der Waals surface area contributed by atoms with E-state index in [9.17, 15) is 14.4 Å². The van der Waals surface area contributed by atoms with Gasteiger partial charge in [-0.25, -0.2) is 4.79 Å². The lowest BCUT2D eigenvalue weighted by atomic mass is 10.1. The van der Waals surface area contributed by atoms with Crippen molar-refractivity contribution in [3.8, 4) is 5.75 Å². The summed E-state index contributed by atoms with van der Waals surface area (Å²) in [6.07, 6.45) is 0.378. The zero-order valence-corrected chi connectivity index (χ0v) is 13.5. The van der Waals surface area contributed by atoms with E-state index < -0.39 is 5.97 Å². The van der Waals surface area contributed by atoms with Crippen LogP contribution in [0.5, 0.6) is 5.75 Å². The summed E-state index contributed by atoms with van der Waals surface area (Å²) in [5.74, 6) is -0.518. The van der Waals surface area contributed by atoms with Crippen molar-refractivity contribution in [1.29, 1.82) is 0 Å². The topological polar surface area (TPSA) is 72.9 Å². The van der Waals surface area contributed by atoms with Gasteiger partial charge in [-0.1, -0.05) is 30.3 Å². The van der Waals surface area contributed by atoms with Crippen molar-refractivity contribution in [2.75, 3.05) is 19.8 Å². The van der Waals surface area contributed by atoms with Gasteiger partial charge in [0.1, 0.15) is 5.75 Å². The highest BCUT2D eigenvalue weighted by Crippen LogP contribution is 2.22. The Bertz CT molecular complexity index is 752. The van der Waals surface area contributed by atoms with Crippen LogP contribution in [0.25, 0.3) is 0 Å². The van der Waals surface area contributed by atoms with Gasteiger partial charge in [0, 0.05) is 6.54 Å². The molecule has 0 unspecified atom stereocenters. The summed E-state index contributed by atoms with van der Waals surface area (Å²) in [5.41, 5.74) is 0.835. The molecule has 0 aliphatic carbocycles. The van der Waals surface area contributed by atoms with E-state index in [4.69, 9.17) is 9.47 Å². The first-order chi connectivity index (χ1) is 12.2. The monoisotopic (exact) mass is 339 g/mol. The number of carbonyl (C=O) groups excluding carboxylic acids is 3. The van der Waals surface area contributed by atoms with E-state index in [2.05, 4.69) is 0 Å². The highest BCUT2D eigenvalue weighted by Gasteiger charge is 2.34. The van der Waals surface area contributed by atoms with Crippen LogP contribution in [0.4, 0.5) is 0 Å². The molecule has 0 bridgehead atoms. The second kappa shape index (κ2) is 7.61. The van der Waals surface area contributed by atoms with Crippen molar-refractivity contribution >= 4 is 17.8 Å². The lowest BCUT2D eigenvalue weighted by Crippen LogP contribution is -2.31. The fourth-order valence-electron chi connectivity index (χ4n) is 2.55. The fraction of sp³-hybridized carbons (Fsp3) is 0.211. The lowest BCUT2D eigenvalue weighted by molar-refractivity contribution is -0.146. The van der Waals surface area contributed by atoms with Crippen molar-refractivity contribution in [3.05, 3.63) is 65.7 Å². The molecule has 0 saturated carbocycles. The molecule has 3 rings (SSSR count). The SMILES string of the molecule is O=C(COc1ccccc1)OCCCN1C(=O)c2ccccc2C1=O. The van der Waals surface area contributed by atoms with E-state index in [0.29, 0.717) is 23.3 Å². The predicted molar refractivity (Wildman–Crippen MR) is 89.3 cm³/mol. The summed E-state index contributed by atoms with van der Waals surface area (Å²) in [4.78, 5) is 37.1. The third kappa shape index (κ3) is 3.85. The third-order valence-electron chi connectivity index (χ3n) is 3.77. The number of carbonyl (C=O) groups is 3. The Kier molecular flexibility index (Phi) is 5.09. The first-order valence-corrected chi connectivity index (χ1v) is 7.95. The van der Waals surface area contributed by atoms with Crippen LogP contribution in [0, 0.1) is 0 Å². The van der Waals surface area contributed by atoms with Gasteiger partial charge in [-0.15, -0.1) is 0 Å². The highest BCUT2D eigenvalue weighted by atomic mass is 16.6. The molecule has 1 heterocycles. The van der Waals surface area contributed by atoms with Crippen LogP contribution in [-0.4, -0.2) is 42.4 Å². The van der Waals surface area contributed by atoms with E-state index in [1.165, 1.54) is 4.90 Å². The van der Waals surface area contributed by atoms with Gasteiger partial charge in [0.25, 0.3) is 11.8 Å². The minimum atomic E-state index is -0.494. The maximum absolute atomic E-state index is 12.2. The molecule has 0 spiro atoms. The molecular formula is C19H17NO5. The average molecular weight is 339 g/mol. The van der Waals surface area contributed by atoms with Gasteiger partial charge in [0.05, 0.1) is 17.7 Å². The van der Waals surface area contributed by atoms with Crippen LogP contribution in [0.1, 0.15) is 27.1 Å². The van der Waals surface area contributed by atoms with Crippen molar-refractivity contribution in [1.82, 2.24) is 4.90 Å². The molecule has 6 heteroatoms. The van der Waals surface area contributed by atoms with Crippen LogP contribution in [0.15, 0.2) is 54.6 Å². The third-order valence-corrected chi connectivity index (χ3v) is 3.77. The molecule has 0 atom stereocenters. The van der Waals surface area contributed by atoms with E-state index in [-0.39, 0.29) is 31.6 Å². The largest absolute Gasteiger partial charge is 0.482 e. The van der Waals surface area contributed by atoms with Crippen LogP contribution < -0.4 is 4.74 Å². The van der Waals surface area contributed by atoms with Crippen LogP contribution >= 0.6 is 0 Å². The summed E-state index contributed by atoms with van der Waals surface area (Å²) in [5, 5.41) is 0. The molecule has 2 aromatic carbocycles. The average Bonchev–Trinajstić information content (AvgIpc) is 2.89. The Hall–Kier alpha value is -3.15. The number of para-hydroxylation sites is 1. The molecular weight excluding hydrogens is 322 g/mol. The first kappa shape index (κ1) is 16.7. The number of esters is 1. The highest BCUT2D eigenvalue weighted by molar-refractivity contribution is 6.21. The van der Waals surface area contributed by atoms with Crippen molar-refractivity contribution in [2.45, 2.75) is 6.42 Å². The molecule has 0 aromatic heterocycles. The summed E-state index contributed by atoms with van der Waals surface area (Å²) in [6, 6.07) is 15.7. The number of benzene rings is 2. The molecule has 0 saturated heterocycles. The van der Waals surface area contributed by atoms with Gasteiger partial charge in [-0.05, 0) is 30.7 Å². The van der Waals surface area contributed by atoms with Gasteiger partial charge in [0.15, 0.2) is 6.61 Å². The maximum atomic E-state index is 12.2. The Labute approximate surface area is 145 Å². The van der Waals surface area contributed by atoms with E-state index in [0.717, 1.165) is 0 Å². The van der Waals surface area contributed by atoms with E-state index >= 15 is 0 Å². The summed E-state index contributed by atoms with van der Waals surface area (Å²) < 4.78 is 10.3. The molecule has 0 N–H and O–H groups in total. The normalized spacial score (nSPS) is 12.9. The first-order valence-electron chi connectivity index (χ1n) is 7.95. The fourth-order valence-corrected chi connectivity index (χ4v) is 2.55. The summed E-state index contributed by atoms with van der Waals surface area (Å²) in [7, 11) is 0. The minimum absolute atomic E-state index is 0.115. The molecule has 2 aromatic rings. The number of ether oxygens (including phenoxy) is 2. The molecule has 1 aliphatic rings. The molecule has 1 aliphatic heterocycles. The van der Waals surface area contributed by atoms with Gasteiger partial charge in [-0.3, -0.25) is 14.5 Å². The lowest BCUT2D eigenvalue weighted by Gasteiger charge is -2.13. The van der Waals surface area contributed by atoms with E-state index in [1.807, 2.05) is 18.2 Å². The van der Waals surface area contributed by atoms with Gasteiger partial charge < -0.3 is 9.47 Å². The Morgan fingerprint density at radius 2 is 1.48 bits per heavy atom. The van der Waals surface area contributed by atoms with E-state index in [1.54, 1.807) is 36.4 Å². The zero-order valence-electron chi connectivity index (χ0n) is 13.5. The Balaban J connectivity index is 1.40. The van der Waals surface area contributed by atoms with Crippen LogP contribution in [-0.2, 0) is 9.53 Å². The van der Waals surface area contributed by atoms with Gasteiger partial charge in [-0.2, -0.15) is 0 Å². The zero-order chi connectivity index (χ0) is 17.6. The Morgan fingerprint density at radius 3 is 2.12 bits per heavy atom. The number of rotatable bonds is 7. The van der Waals surface area contributed by atoms with Crippen molar-refractivity contribution in [2.24, 2.45) is 0 Å². The molecule has 0 radical (unpaired) electrons.